The highest BCUT2D eigenvalue weighted by Crippen LogP contribution is 2.16. The predicted octanol–water partition coefficient (Wildman–Crippen LogP) is 3.96. The number of anilines is 1. The van der Waals surface area contributed by atoms with Gasteiger partial charge >= 0.3 is 0 Å². The fraction of sp³-hybridized carbons (Fsp3) is 0.310. The smallest absolute Gasteiger partial charge is 0.248 e. The highest BCUT2D eigenvalue weighted by atomic mass is 19.1. The quantitative estimate of drug-likeness (QED) is 0.277. The lowest BCUT2D eigenvalue weighted by Gasteiger charge is -2.19. The van der Waals surface area contributed by atoms with E-state index in [0.717, 1.165) is 48.1 Å². The van der Waals surface area contributed by atoms with Gasteiger partial charge in [-0.15, -0.1) is 0 Å². The molecule has 0 amide bonds. The Morgan fingerprint density at radius 2 is 1.78 bits per heavy atom. The molecule has 6 nitrogen and oxygen atoms in total. The first-order valence-corrected chi connectivity index (χ1v) is 11.9. The number of carbonyl (C=O) groups excluding carboxylic acids is 1. The number of nitrogens with one attached hydrogen (secondary N) is 1. The first-order valence-electron chi connectivity index (χ1n) is 11.9. The Bertz CT molecular complexity index is 1180. The van der Waals surface area contributed by atoms with Crippen molar-refractivity contribution in [3.63, 3.8) is 0 Å². The summed E-state index contributed by atoms with van der Waals surface area (Å²) in [6.45, 7) is 8.45. The number of benzene rings is 1. The van der Waals surface area contributed by atoms with Gasteiger partial charge in [-0.05, 0) is 73.2 Å². The molecule has 0 radical (unpaired) electrons. The average molecular weight is 496 g/mol. The maximum absolute atomic E-state index is 12.3. The summed E-state index contributed by atoms with van der Waals surface area (Å²) >= 11 is 0. The van der Waals surface area contributed by atoms with Crippen LogP contribution in [-0.2, 0) is 10.6 Å². The van der Waals surface area contributed by atoms with E-state index in [1.807, 2.05) is 13.2 Å². The fourth-order valence-electron chi connectivity index (χ4n) is 3.29. The number of nitrogens with zero attached hydrogens (tertiary/aromatic N) is 2. The molecule has 0 saturated carbocycles. The standard InChI is InChI=1S/C21H31N3.C8H7FO3/c1-7-11-13-24(6)20(10-4)17(9-3)14-19-15-21(22-5)23-16-18(19)12-8-2;9-7-3-1-6(2-4-7)8(11,12)5-10/h9-16,22H,7-8H2,1-6H3;1-5,11-12H/b13-11+,17-9+,18-12+,19-14-,20-10-;. The molecule has 0 spiro atoms. The Morgan fingerprint density at radius 3 is 2.28 bits per heavy atom. The van der Waals surface area contributed by atoms with Crippen LogP contribution in [0.4, 0.5) is 10.2 Å². The number of pyridine rings is 1. The van der Waals surface area contributed by atoms with E-state index in [-0.39, 0.29) is 11.8 Å². The van der Waals surface area contributed by atoms with Gasteiger partial charge in [0.25, 0.3) is 0 Å². The van der Waals surface area contributed by atoms with E-state index in [1.165, 1.54) is 16.5 Å². The molecule has 0 aliphatic heterocycles. The van der Waals surface area contributed by atoms with Crippen molar-refractivity contribution in [2.24, 2.45) is 0 Å². The second kappa shape index (κ2) is 15.4. The first kappa shape index (κ1) is 30.5. The average Bonchev–Trinajstić information content (AvgIpc) is 2.88. The number of rotatable bonds is 9. The number of likely N-dealkylation sites (N-methyl/N-ethyl adjacent to an activating group) is 1. The normalized spacial score (nSPS) is 13.5. The van der Waals surface area contributed by atoms with Crippen LogP contribution in [0.2, 0.25) is 0 Å². The van der Waals surface area contributed by atoms with Crippen molar-refractivity contribution in [3.8, 4) is 0 Å². The van der Waals surface area contributed by atoms with Crippen LogP contribution < -0.4 is 15.8 Å². The molecule has 3 N–H and O–H groups in total. The van der Waals surface area contributed by atoms with Crippen LogP contribution in [0.3, 0.4) is 0 Å². The highest BCUT2D eigenvalue weighted by Gasteiger charge is 2.24. The first-order chi connectivity index (χ1) is 17.2. The molecule has 7 heteroatoms. The second-order valence-corrected chi connectivity index (χ2v) is 7.88. The largest absolute Gasteiger partial charge is 0.373 e. The Kier molecular flexibility index (Phi) is 13.1. The molecule has 2 rings (SSSR count). The Morgan fingerprint density at radius 1 is 1.11 bits per heavy atom. The van der Waals surface area contributed by atoms with Gasteiger partial charge in [0, 0.05) is 31.6 Å². The topological polar surface area (TPSA) is 85.7 Å². The molecule has 2 aromatic rings. The van der Waals surface area contributed by atoms with Gasteiger partial charge in [0.05, 0.1) is 0 Å². The summed E-state index contributed by atoms with van der Waals surface area (Å²) < 4.78 is 12.3. The van der Waals surface area contributed by atoms with E-state index in [4.69, 9.17) is 10.2 Å². The van der Waals surface area contributed by atoms with Gasteiger partial charge in [-0.25, -0.2) is 9.37 Å². The summed E-state index contributed by atoms with van der Waals surface area (Å²) in [5.74, 6) is -2.14. The molecule has 0 saturated heterocycles. The third kappa shape index (κ3) is 9.24. The van der Waals surface area contributed by atoms with Crippen LogP contribution in [0.25, 0.3) is 12.2 Å². The monoisotopic (exact) mass is 495 g/mol. The van der Waals surface area contributed by atoms with Crippen LogP contribution in [0.5, 0.6) is 0 Å². The van der Waals surface area contributed by atoms with Crippen molar-refractivity contribution in [3.05, 3.63) is 94.0 Å². The molecule has 194 valence electrons. The third-order valence-corrected chi connectivity index (χ3v) is 5.22. The van der Waals surface area contributed by atoms with Gasteiger partial charge in [-0.3, -0.25) is 4.79 Å². The van der Waals surface area contributed by atoms with Crippen molar-refractivity contribution in [2.45, 2.75) is 46.3 Å². The van der Waals surface area contributed by atoms with Gasteiger partial charge in [0.15, 0.2) is 6.29 Å². The molecule has 0 aliphatic carbocycles. The summed E-state index contributed by atoms with van der Waals surface area (Å²) in [6, 6.07) is 6.44. The van der Waals surface area contributed by atoms with Crippen LogP contribution in [0.15, 0.2) is 72.2 Å². The second-order valence-electron chi connectivity index (χ2n) is 7.88. The van der Waals surface area contributed by atoms with E-state index >= 15 is 0 Å². The minimum Gasteiger partial charge on any atom is -0.373 e. The fourth-order valence-corrected chi connectivity index (χ4v) is 3.29. The SMILES string of the molecule is C/C=C(C(/C=c1/cc(NC)nc/c1=C\CC)=C/C)\N(C)/C=C/CC.O=CC(O)(O)c1ccc(F)cc1. The van der Waals surface area contributed by atoms with Crippen LogP contribution in [0.1, 0.15) is 46.1 Å². The zero-order valence-electron chi connectivity index (χ0n) is 22.0. The summed E-state index contributed by atoms with van der Waals surface area (Å²) in [7, 11) is 3.98. The van der Waals surface area contributed by atoms with Gasteiger partial charge in [0.1, 0.15) is 11.6 Å². The zero-order chi connectivity index (χ0) is 27.1. The highest BCUT2D eigenvalue weighted by molar-refractivity contribution is 5.62. The number of allylic oxidation sites excluding steroid dienone is 4. The molecule has 1 aromatic carbocycles. The minimum atomic E-state index is -2.52. The van der Waals surface area contributed by atoms with Gasteiger partial charge in [-0.1, -0.05) is 50.3 Å². The van der Waals surface area contributed by atoms with E-state index in [2.05, 4.69) is 92.6 Å². The van der Waals surface area contributed by atoms with Crippen LogP contribution in [0, 0.1) is 5.82 Å². The Hall–Kier alpha value is -3.55. The van der Waals surface area contributed by atoms with Crippen molar-refractivity contribution in [1.82, 2.24) is 9.88 Å². The van der Waals surface area contributed by atoms with Crippen molar-refractivity contribution in [1.29, 1.82) is 0 Å². The lowest BCUT2D eigenvalue weighted by atomic mass is 10.1. The van der Waals surface area contributed by atoms with Crippen LogP contribution >= 0.6 is 0 Å². The summed E-state index contributed by atoms with van der Waals surface area (Å²) in [5, 5.41) is 23.4. The lowest BCUT2D eigenvalue weighted by Crippen LogP contribution is -2.26. The van der Waals surface area contributed by atoms with Gasteiger partial charge in [0.2, 0.25) is 5.79 Å². The maximum Gasteiger partial charge on any atom is 0.248 e. The van der Waals surface area contributed by atoms with E-state index in [1.54, 1.807) is 0 Å². The van der Waals surface area contributed by atoms with E-state index in [0.29, 0.717) is 0 Å². The molecule has 0 aliphatic rings. The molecule has 1 heterocycles. The number of aromatic nitrogens is 1. The van der Waals surface area contributed by atoms with Crippen molar-refractivity contribution < 1.29 is 19.4 Å². The number of carbonyl (C=O) groups is 1. The lowest BCUT2D eigenvalue weighted by molar-refractivity contribution is -0.173. The number of aldehydes is 1. The summed E-state index contributed by atoms with van der Waals surface area (Å²) in [6.07, 6.45) is 17.0. The molecule has 0 bridgehead atoms. The van der Waals surface area contributed by atoms with Gasteiger partial charge < -0.3 is 20.4 Å². The van der Waals surface area contributed by atoms with Crippen LogP contribution in [-0.4, -0.2) is 40.5 Å². The molecule has 0 unspecified atom stereocenters. The molecule has 0 fully saturated rings. The molecule has 0 atom stereocenters. The van der Waals surface area contributed by atoms with Gasteiger partial charge in [-0.2, -0.15) is 0 Å². The zero-order valence-corrected chi connectivity index (χ0v) is 22.0. The molecule has 1 aromatic heterocycles. The molecular formula is C29H38FN3O3. The summed E-state index contributed by atoms with van der Waals surface area (Å²) in [5.41, 5.74) is 2.33. The summed E-state index contributed by atoms with van der Waals surface area (Å²) in [4.78, 5) is 16.7. The Labute approximate surface area is 213 Å². The molecular weight excluding hydrogens is 457 g/mol. The number of aliphatic hydroxyl groups is 2. The van der Waals surface area contributed by atoms with E-state index in [9.17, 15) is 9.18 Å². The third-order valence-electron chi connectivity index (χ3n) is 5.22. The van der Waals surface area contributed by atoms with E-state index < -0.39 is 11.6 Å². The number of hydrogen-bond donors (Lipinski definition) is 3. The minimum absolute atomic E-state index is 0.0275. The molecule has 36 heavy (non-hydrogen) atoms. The van der Waals surface area contributed by atoms with Crippen molar-refractivity contribution in [2.75, 3.05) is 19.4 Å². The maximum atomic E-state index is 12.3. The Balaban J connectivity index is 0.000000450. The van der Waals surface area contributed by atoms with Crippen molar-refractivity contribution >= 4 is 24.3 Å². The number of hydrogen-bond acceptors (Lipinski definition) is 6. The predicted molar refractivity (Wildman–Crippen MR) is 146 cm³/mol. The number of halogens is 1.